The third-order valence-electron chi connectivity index (χ3n) is 4.67. The minimum absolute atomic E-state index is 0.378. The zero-order valence-electron chi connectivity index (χ0n) is 11.4. The number of nitriles is 1. The van der Waals surface area contributed by atoms with Crippen LogP contribution in [0.5, 0.6) is 0 Å². The monoisotopic (exact) mass is 251 g/mol. The maximum Gasteiger partial charge on any atom is 0.107 e. The predicted octanol–water partition coefficient (Wildman–Crippen LogP) is 1.51. The van der Waals surface area contributed by atoms with E-state index < -0.39 is 5.54 Å². The fourth-order valence-corrected chi connectivity index (χ4v) is 3.33. The van der Waals surface area contributed by atoms with E-state index in [1.165, 1.54) is 0 Å². The fraction of sp³-hybridized carbons (Fsp3) is 0.929. The lowest BCUT2D eigenvalue weighted by Gasteiger charge is -2.36. The Morgan fingerprint density at radius 3 is 3.11 bits per heavy atom. The zero-order chi connectivity index (χ0) is 13.0. The van der Waals surface area contributed by atoms with Crippen molar-refractivity contribution in [3.8, 4) is 6.07 Å². The Hall–Kier alpha value is -0.630. The van der Waals surface area contributed by atoms with Crippen LogP contribution in [0.15, 0.2) is 0 Å². The first-order chi connectivity index (χ1) is 8.69. The number of nitrogens with zero attached hydrogens (tertiary/aromatic N) is 2. The first-order valence-corrected chi connectivity index (χ1v) is 7.21. The van der Waals surface area contributed by atoms with Crippen molar-refractivity contribution < 1.29 is 4.74 Å². The summed E-state index contributed by atoms with van der Waals surface area (Å²) in [5.74, 6) is 0.378. The molecule has 4 nitrogen and oxygen atoms in total. The van der Waals surface area contributed by atoms with Gasteiger partial charge in [-0.3, -0.25) is 4.90 Å². The average molecular weight is 251 g/mol. The minimum atomic E-state index is -0.562. The highest BCUT2D eigenvalue weighted by molar-refractivity contribution is 5.12. The molecule has 2 rings (SSSR count). The third-order valence-corrected chi connectivity index (χ3v) is 4.67. The molecule has 1 aliphatic carbocycles. The number of ether oxygens (including phenoxy) is 1. The molecule has 1 aliphatic heterocycles. The molecule has 0 amide bonds. The van der Waals surface area contributed by atoms with E-state index in [9.17, 15) is 5.26 Å². The smallest absolute Gasteiger partial charge is 0.107 e. The maximum absolute atomic E-state index is 9.22. The van der Waals surface area contributed by atoms with Gasteiger partial charge in [-0.05, 0) is 38.1 Å². The second-order valence-corrected chi connectivity index (χ2v) is 5.70. The van der Waals surface area contributed by atoms with Crippen molar-refractivity contribution in [3.63, 3.8) is 0 Å². The second-order valence-electron chi connectivity index (χ2n) is 5.70. The summed E-state index contributed by atoms with van der Waals surface area (Å²) in [6.45, 7) is 5.99. The van der Waals surface area contributed by atoms with Crippen molar-refractivity contribution in [2.75, 3.05) is 26.3 Å². The SMILES string of the molecule is CCC1COCCN1CCC1CCCC1(N)C#N. The molecular formula is C14H25N3O. The fourth-order valence-electron chi connectivity index (χ4n) is 3.33. The van der Waals surface area contributed by atoms with E-state index in [-0.39, 0.29) is 0 Å². The summed E-state index contributed by atoms with van der Waals surface area (Å²) in [5.41, 5.74) is 5.62. The van der Waals surface area contributed by atoms with Crippen LogP contribution in [0.25, 0.3) is 0 Å². The minimum Gasteiger partial charge on any atom is -0.378 e. The quantitative estimate of drug-likeness (QED) is 0.822. The van der Waals surface area contributed by atoms with Crippen LogP contribution in [0.4, 0.5) is 0 Å². The summed E-state index contributed by atoms with van der Waals surface area (Å²) in [4.78, 5) is 2.51. The molecule has 0 bridgehead atoms. The molecule has 18 heavy (non-hydrogen) atoms. The highest BCUT2D eigenvalue weighted by Gasteiger charge is 2.39. The van der Waals surface area contributed by atoms with Gasteiger partial charge < -0.3 is 10.5 Å². The Kier molecular flexibility index (Phi) is 4.60. The van der Waals surface area contributed by atoms with Crippen molar-refractivity contribution in [1.82, 2.24) is 4.90 Å². The Bertz CT molecular complexity index is 315. The molecule has 3 atom stereocenters. The van der Waals surface area contributed by atoms with Crippen LogP contribution in [-0.4, -0.2) is 42.8 Å². The Morgan fingerprint density at radius 1 is 1.56 bits per heavy atom. The van der Waals surface area contributed by atoms with Crippen LogP contribution in [0.1, 0.15) is 39.0 Å². The molecule has 102 valence electrons. The van der Waals surface area contributed by atoms with E-state index in [2.05, 4.69) is 17.9 Å². The predicted molar refractivity (Wildman–Crippen MR) is 71.0 cm³/mol. The van der Waals surface area contributed by atoms with Crippen LogP contribution < -0.4 is 5.73 Å². The van der Waals surface area contributed by atoms with Crippen LogP contribution in [0, 0.1) is 17.2 Å². The zero-order valence-corrected chi connectivity index (χ0v) is 11.4. The molecule has 0 radical (unpaired) electrons. The van der Waals surface area contributed by atoms with E-state index >= 15 is 0 Å². The van der Waals surface area contributed by atoms with Gasteiger partial charge in [0.25, 0.3) is 0 Å². The van der Waals surface area contributed by atoms with Crippen molar-refractivity contribution in [3.05, 3.63) is 0 Å². The summed E-state index contributed by atoms with van der Waals surface area (Å²) in [5, 5.41) is 9.22. The van der Waals surface area contributed by atoms with Crippen LogP contribution in [-0.2, 0) is 4.74 Å². The number of hydrogen-bond donors (Lipinski definition) is 1. The van der Waals surface area contributed by atoms with Gasteiger partial charge in [-0.15, -0.1) is 0 Å². The van der Waals surface area contributed by atoms with Crippen molar-refractivity contribution in [2.45, 2.75) is 50.6 Å². The Morgan fingerprint density at radius 2 is 2.39 bits per heavy atom. The van der Waals surface area contributed by atoms with Crippen molar-refractivity contribution >= 4 is 0 Å². The highest BCUT2D eigenvalue weighted by Crippen LogP contribution is 2.35. The molecule has 0 aromatic heterocycles. The first kappa shape index (κ1) is 13.8. The molecule has 0 spiro atoms. The van der Waals surface area contributed by atoms with Crippen molar-refractivity contribution in [1.29, 1.82) is 5.26 Å². The Balaban J connectivity index is 1.85. The van der Waals surface area contributed by atoms with Gasteiger partial charge in [0, 0.05) is 12.6 Å². The molecule has 2 N–H and O–H groups in total. The molecule has 1 saturated heterocycles. The van der Waals surface area contributed by atoms with E-state index in [1.54, 1.807) is 0 Å². The summed E-state index contributed by atoms with van der Waals surface area (Å²) < 4.78 is 5.52. The maximum atomic E-state index is 9.22. The van der Waals surface area contributed by atoms with Gasteiger partial charge in [-0.2, -0.15) is 5.26 Å². The Labute approximate surface area is 110 Å². The lowest BCUT2D eigenvalue weighted by atomic mass is 9.87. The molecule has 4 heteroatoms. The standard InChI is InChI=1S/C14H25N3O/c1-2-13-10-18-9-8-17(13)7-5-12-4-3-6-14(12,16)11-15/h12-13H,2-10,16H2,1H3. The van der Waals surface area contributed by atoms with Gasteiger partial charge in [0.15, 0.2) is 0 Å². The molecule has 0 aromatic rings. The van der Waals surface area contributed by atoms with Gasteiger partial charge in [-0.1, -0.05) is 13.3 Å². The van der Waals surface area contributed by atoms with Gasteiger partial charge >= 0.3 is 0 Å². The summed E-state index contributed by atoms with van der Waals surface area (Å²) in [6.07, 6.45) is 5.28. The molecule has 0 aromatic carbocycles. The lowest BCUT2D eigenvalue weighted by Crippen LogP contribution is -2.48. The lowest BCUT2D eigenvalue weighted by molar-refractivity contribution is -0.0113. The molecule has 1 saturated carbocycles. The number of nitrogens with two attached hydrogens (primary N) is 1. The van der Waals surface area contributed by atoms with E-state index in [0.29, 0.717) is 12.0 Å². The van der Waals surface area contributed by atoms with E-state index in [4.69, 9.17) is 10.5 Å². The van der Waals surface area contributed by atoms with Gasteiger partial charge in [-0.25, -0.2) is 0 Å². The average Bonchev–Trinajstić information content (AvgIpc) is 2.79. The number of morpholine rings is 1. The van der Waals surface area contributed by atoms with Gasteiger partial charge in [0.2, 0.25) is 0 Å². The molecule has 1 heterocycles. The second kappa shape index (κ2) is 6.01. The molecular weight excluding hydrogens is 226 g/mol. The molecule has 2 fully saturated rings. The van der Waals surface area contributed by atoms with Gasteiger partial charge in [0.1, 0.15) is 5.54 Å². The highest BCUT2D eigenvalue weighted by atomic mass is 16.5. The number of rotatable bonds is 4. The summed E-state index contributed by atoms with van der Waals surface area (Å²) >= 11 is 0. The summed E-state index contributed by atoms with van der Waals surface area (Å²) in [7, 11) is 0. The first-order valence-electron chi connectivity index (χ1n) is 7.21. The van der Waals surface area contributed by atoms with Crippen LogP contribution >= 0.6 is 0 Å². The number of hydrogen-bond acceptors (Lipinski definition) is 4. The van der Waals surface area contributed by atoms with Crippen LogP contribution in [0.3, 0.4) is 0 Å². The molecule has 2 aliphatic rings. The summed E-state index contributed by atoms with van der Waals surface area (Å²) in [6, 6.07) is 2.89. The third kappa shape index (κ3) is 2.85. The topological polar surface area (TPSA) is 62.3 Å². The van der Waals surface area contributed by atoms with Crippen LogP contribution in [0.2, 0.25) is 0 Å². The van der Waals surface area contributed by atoms with E-state index in [0.717, 1.165) is 58.4 Å². The largest absolute Gasteiger partial charge is 0.378 e. The van der Waals surface area contributed by atoms with Gasteiger partial charge in [0.05, 0.1) is 19.3 Å². The van der Waals surface area contributed by atoms with E-state index in [1.807, 2.05) is 0 Å². The molecule has 3 unspecified atom stereocenters. The van der Waals surface area contributed by atoms with Crippen molar-refractivity contribution in [2.24, 2.45) is 11.7 Å². The normalized spacial score (nSPS) is 37.6.